The second kappa shape index (κ2) is 16.3. The van der Waals surface area contributed by atoms with Gasteiger partial charge in [0, 0.05) is 28.7 Å². The zero-order chi connectivity index (χ0) is 36.9. The minimum Gasteiger partial charge on any atom is -0.496 e. The Morgan fingerprint density at radius 2 is 1.42 bits per heavy atom. The molecule has 0 aliphatic carbocycles. The first-order chi connectivity index (χ1) is 25.1. The molecule has 0 saturated carbocycles. The van der Waals surface area contributed by atoms with Gasteiger partial charge in [0.15, 0.2) is 29.6 Å². The Kier molecular flexibility index (Phi) is 11.6. The third-order valence-corrected chi connectivity index (χ3v) is 10.0. The van der Waals surface area contributed by atoms with Crippen molar-refractivity contribution in [2.45, 2.75) is 43.5 Å². The average Bonchev–Trinajstić information content (AvgIpc) is 3.18. The fourth-order valence-electron chi connectivity index (χ4n) is 6.02. The van der Waals surface area contributed by atoms with Crippen molar-refractivity contribution in [1.29, 1.82) is 0 Å². The molecule has 6 nitrogen and oxygen atoms in total. The lowest BCUT2D eigenvalue weighted by molar-refractivity contribution is -0.268. The number of nitrogens with one attached hydrogen (secondary N) is 1. The molecule has 270 valence electrons. The van der Waals surface area contributed by atoms with Crippen molar-refractivity contribution < 1.29 is 46.1 Å². The van der Waals surface area contributed by atoms with Gasteiger partial charge in [-0.1, -0.05) is 79.7 Å². The number of aliphatic hydroxyl groups excluding tert-OH is 1. The molecule has 0 radical (unpaired) electrons. The summed E-state index contributed by atoms with van der Waals surface area (Å²) in [5.41, 5.74) is 2.95. The number of halogens is 5. The molecule has 52 heavy (non-hydrogen) atoms. The highest BCUT2D eigenvalue weighted by Crippen LogP contribution is 2.44. The number of carbonyl (C=O) groups excluding carboxylic acids is 1. The third-order valence-electron chi connectivity index (χ3n) is 8.90. The number of aliphatic hydroxyl groups is 1. The van der Waals surface area contributed by atoms with Gasteiger partial charge in [-0.05, 0) is 52.1 Å². The number of rotatable bonds is 11. The predicted molar refractivity (Wildman–Crippen MR) is 186 cm³/mol. The van der Waals surface area contributed by atoms with E-state index in [0.717, 1.165) is 38.5 Å². The van der Waals surface area contributed by atoms with Gasteiger partial charge in [0.25, 0.3) is 5.91 Å². The maximum atomic E-state index is 14.2. The first-order valence-electron chi connectivity index (χ1n) is 16.3. The zero-order valence-electron chi connectivity index (χ0n) is 28.0. The van der Waals surface area contributed by atoms with Crippen molar-refractivity contribution in [1.82, 2.24) is 5.32 Å². The number of ether oxygens (including phenoxy) is 3. The SMILES string of the molecule is COc1ccccc1SC[C@@H]1O[C@H](c2cccc(-c3cccc(CNC(=O)c4c(F)c(F)c(F)c(F)c4F)c3)c2)O[C@H](c2ccc(CO)cc2)[C@@H]1C. The molecule has 0 spiro atoms. The molecule has 1 fully saturated rings. The van der Waals surface area contributed by atoms with Crippen LogP contribution in [0.4, 0.5) is 22.0 Å². The number of amides is 1. The average molecular weight is 736 g/mol. The molecule has 6 rings (SSSR count). The Balaban J connectivity index is 1.23. The van der Waals surface area contributed by atoms with Crippen LogP contribution >= 0.6 is 11.8 Å². The first kappa shape index (κ1) is 37.0. The quantitative estimate of drug-likeness (QED) is 0.0611. The van der Waals surface area contributed by atoms with E-state index in [1.165, 1.54) is 0 Å². The monoisotopic (exact) mass is 735 g/mol. The van der Waals surface area contributed by atoms with E-state index in [1.54, 1.807) is 37.1 Å². The molecule has 5 aromatic rings. The Labute approximate surface area is 301 Å². The van der Waals surface area contributed by atoms with Gasteiger partial charge in [0.05, 0.1) is 25.9 Å². The van der Waals surface area contributed by atoms with Crippen molar-refractivity contribution in [3.8, 4) is 16.9 Å². The Bertz CT molecular complexity index is 2030. The normalized spacial score (nSPS) is 18.6. The van der Waals surface area contributed by atoms with Gasteiger partial charge in [-0.25, -0.2) is 22.0 Å². The van der Waals surface area contributed by atoms with Crippen LogP contribution in [0.2, 0.25) is 0 Å². The van der Waals surface area contributed by atoms with Crippen LogP contribution in [0, 0.1) is 35.0 Å². The van der Waals surface area contributed by atoms with E-state index in [9.17, 15) is 31.9 Å². The minimum atomic E-state index is -2.34. The van der Waals surface area contributed by atoms with E-state index in [0.29, 0.717) is 11.3 Å². The van der Waals surface area contributed by atoms with Gasteiger partial charge in [0.1, 0.15) is 11.3 Å². The lowest BCUT2D eigenvalue weighted by atomic mass is 9.91. The highest BCUT2D eigenvalue weighted by Gasteiger charge is 2.38. The second-order valence-electron chi connectivity index (χ2n) is 12.2. The second-order valence-corrected chi connectivity index (χ2v) is 13.3. The van der Waals surface area contributed by atoms with Gasteiger partial charge in [-0.15, -0.1) is 11.8 Å². The van der Waals surface area contributed by atoms with E-state index in [2.05, 4.69) is 12.2 Å². The summed E-state index contributed by atoms with van der Waals surface area (Å²) in [4.78, 5) is 13.5. The molecule has 12 heteroatoms. The molecule has 5 aromatic carbocycles. The molecule has 1 aliphatic rings. The number of benzene rings is 5. The third kappa shape index (κ3) is 7.85. The first-order valence-corrected chi connectivity index (χ1v) is 17.3. The highest BCUT2D eigenvalue weighted by atomic mass is 32.2. The predicted octanol–water partition coefficient (Wildman–Crippen LogP) is 9.06. The van der Waals surface area contributed by atoms with Crippen molar-refractivity contribution in [3.05, 3.63) is 154 Å². The van der Waals surface area contributed by atoms with E-state index < -0.39 is 46.8 Å². The maximum absolute atomic E-state index is 14.2. The number of thioether (sulfide) groups is 1. The van der Waals surface area contributed by atoms with Gasteiger partial charge in [-0.2, -0.15) is 0 Å². The van der Waals surface area contributed by atoms with Crippen LogP contribution in [0.25, 0.3) is 11.1 Å². The molecule has 1 aliphatic heterocycles. The Morgan fingerprint density at radius 3 is 2.12 bits per heavy atom. The van der Waals surface area contributed by atoms with Crippen molar-refractivity contribution in [2.24, 2.45) is 5.92 Å². The van der Waals surface area contributed by atoms with Crippen LogP contribution in [0.15, 0.2) is 102 Å². The van der Waals surface area contributed by atoms with Gasteiger partial charge < -0.3 is 24.6 Å². The number of carbonyl (C=O) groups is 1. The van der Waals surface area contributed by atoms with E-state index in [-0.39, 0.29) is 31.3 Å². The molecule has 1 saturated heterocycles. The smallest absolute Gasteiger partial charge is 0.257 e. The number of hydrogen-bond donors (Lipinski definition) is 2. The lowest BCUT2D eigenvalue weighted by Crippen LogP contribution is -2.38. The molecule has 2 N–H and O–H groups in total. The number of para-hydroxylation sites is 1. The van der Waals surface area contributed by atoms with Crippen LogP contribution in [0.3, 0.4) is 0 Å². The summed E-state index contributed by atoms with van der Waals surface area (Å²) >= 11 is 1.63. The minimum absolute atomic E-state index is 0.0432. The van der Waals surface area contributed by atoms with Crippen LogP contribution in [0.5, 0.6) is 5.75 Å². The van der Waals surface area contributed by atoms with Crippen LogP contribution in [0.1, 0.15) is 51.9 Å². The standard InChI is InChI=1S/C40H34F5NO5S/c1-22-30(21-52-31-12-4-3-11-29(31)49-2)50-40(51-38(22)25-15-13-23(20-47)14-16-25)28-10-6-9-27(18-28)26-8-5-7-24(17-26)19-46-39(48)32-33(41)35(43)37(45)36(44)34(32)42/h3-18,22,30,38,40,47H,19-21H2,1-2H3,(H,46,48)/t22-,30+,38+,40+/m1/s1. The number of hydrogen-bond acceptors (Lipinski definition) is 6. The van der Waals surface area contributed by atoms with E-state index in [1.807, 2.05) is 78.9 Å². The molecule has 4 atom stereocenters. The summed E-state index contributed by atoms with van der Waals surface area (Å²) in [6.45, 7) is 1.76. The summed E-state index contributed by atoms with van der Waals surface area (Å²) in [6.07, 6.45) is -1.31. The molecular formula is C40H34F5NO5S. The van der Waals surface area contributed by atoms with Crippen molar-refractivity contribution in [2.75, 3.05) is 12.9 Å². The largest absolute Gasteiger partial charge is 0.496 e. The van der Waals surface area contributed by atoms with Crippen molar-refractivity contribution in [3.63, 3.8) is 0 Å². The summed E-state index contributed by atoms with van der Waals surface area (Å²) in [5, 5.41) is 11.8. The fourth-order valence-corrected chi connectivity index (χ4v) is 7.21. The van der Waals surface area contributed by atoms with Crippen LogP contribution in [-0.2, 0) is 22.6 Å². The molecular weight excluding hydrogens is 701 g/mol. The highest BCUT2D eigenvalue weighted by molar-refractivity contribution is 7.99. The van der Waals surface area contributed by atoms with Gasteiger partial charge in [-0.3, -0.25) is 4.79 Å². The topological polar surface area (TPSA) is 77.0 Å². The summed E-state index contributed by atoms with van der Waals surface area (Å²) < 4.78 is 88.0. The van der Waals surface area contributed by atoms with Crippen LogP contribution < -0.4 is 10.1 Å². The zero-order valence-corrected chi connectivity index (χ0v) is 28.9. The summed E-state index contributed by atoms with van der Waals surface area (Å²) in [5.74, 6) is -11.2. The molecule has 1 heterocycles. The fraction of sp³-hybridized carbons (Fsp3) is 0.225. The van der Waals surface area contributed by atoms with Crippen LogP contribution in [-0.4, -0.2) is 30.0 Å². The molecule has 0 unspecified atom stereocenters. The maximum Gasteiger partial charge on any atom is 0.257 e. The summed E-state index contributed by atoms with van der Waals surface area (Å²) in [6, 6.07) is 29.9. The van der Waals surface area contributed by atoms with Gasteiger partial charge >= 0.3 is 0 Å². The number of methoxy groups -OCH3 is 1. The van der Waals surface area contributed by atoms with E-state index in [4.69, 9.17) is 14.2 Å². The van der Waals surface area contributed by atoms with E-state index >= 15 is 0 Å². The van der Waals surface area contributed by atoms with Crippen molar-refractivity contribution >= 4 is 17.7 Å². The lowest BCUT2D eigenvalue weighted by Gasteiger charge is -2.41. The molecule has 0 bridgehead atoms. The molecule has 1 amide bonds. The Morgan fingerprint density at radius 1 is 0.769 bits per heavy atom. The summed E-state index contributed by atoms with van der Waals surface area (Å²) in [7, 11) is 1.63. The van der Waals surface area contributed by atoms with Gasteiger partial charge in [0.2, 0.25) is 5.82 Å². The molecule has 0 aromatic heterocycles. The Hall–Kier alpha value is -4.75.